The molecule has 1 heterocycles. The number of rotatable bonds is 4. The number of hydrogen-bond acceptors (Lipinski definition) is 3. The zero-order valence-corrected chi connectivity index (χ0v) is 13.2. The van der Waals surface area contributed by atoms with E-state index in [1.165, 1.54) is 0 Å². The Hall–Kier alpha value is -2.40. The molecule has 110 valence electrons. The van der Waals surface area contributed by atoms with Crippen LogP contribution in [0.5, 0.6) is 5.75 Å². The lowest BCUT2D eigenvalue weighted by Gasteiger charge is -2.08. The highest BCUT2D eigenvalue weighted by atomic mass is 79.9. The molecule has 0 aliphatic rings. The first-order valence-corrected chi connectivity index (χ1v) is 7.53. The highest BCUT2D eigenvalue weighted by molar-refractivity contribution is 9.10. The number of benzene rings is 2. The van der Waals surface area contributed by atoms with Gasteiger partial charge in [-0.05, 0) is 42.5 Å². The third kappa shape index (κ3) is 3.62. The van der Waals surface area contributed by atoms with Crippen molar-refractivity contribution in [3.8, 4) is 5.75 Å². The summed E-state index contributed by atoms with van der Waals surface area (Å²) in [4.78, 5) is 16.1. The normalized spacial score (nSPS) is 10.4. The third-order valence-corrected chi connectivity index (χ3v) is 3.55. The molecule has 0 radical (unpaired) electrons. The average Bonchev–Trinajstić information content (AvgIpc) is 2.53. The molecule has 0 saturated carbocycles. The van der Waals surface area contributed by atoms with E-state index < -0.39 is 0 Å². The molecule has 0 fully saturated rings. The number of pyridine rings is 1. The maximum atomic E-state index is 11.9. The van der Waals surface area contributed by atoms with Crippen molar-refractivity contribution in [1.29, 1.82) is 0 Å². The van der Waals surface area contributed by atoms with Gasteiger partial charge >= 0.3 is 0 Å². The first kappa shape index (κ1) is 14.5. The zero-order valence-electron chi connectivity index (χ0n) is 11.6. The number of carbonyl (C=O) groups is 1. The highest BCUT2D eigenvalue weighted by Gasteiger charge is 2.05. The third-order valence-electron chi connectivity index (χ3n) is 3.05. The number of ether oxygens (including phenoxy) is 1. The van der Waals surface area contributed by atoms with Crippen molar-refractivity contribution in [2.45, 2.75) is 0 Å². The fourth-order valence-electron chi connectivity index (χ4n) is 2.06. The quantitative estimate of drug-likeness (QED) is 0.768. The highest BCUT2D eigenvalue weighted by Crippen LogP contribution is 2.19. The Morgan fingerprint density at radius 2 is 2.05 bits per heavy atom. The molecule has 3 rings (SSSR count). The summed E-state index contributed by atoms with van der Waals surface area (Å²) in [7, 11) is 0. The fourth-order valence-corrected chi connectivity index (χ4v) is 2.45. The van der Waals surface area contributed by atoms with E-state index in [4.69, 9.17) is 4.74 Å². The van der Waals surface area contributed by atoms with Crippen molar-refractivity contribution in [3.63, 3.8) is 0 Å². The summed E-state index contributed by atoms with van der Waals surface area (Å²) < 4.78 is 6.44. The van der Waals surface area contributed by atoms with Gasteiger partial charge in [-0.15, -0.1) is 0 Å². The summed E-state index contributed by atoms with van der Waals surface area (Å²) in [6.45, 7) is -0.0434. The number of fused-ring (bicyclic) bond motifs is 1. The van der Waals surface area contributed by atoms with E-state index in [1.807, 2.05) is 54.6 Å². The van der Waals surface area contributed by atoms with Gasteiger partial charge in [-0.1, -0.05) is 28.1 Å². The van der Waals surface area contributed by atoms with E-state index in [1.54, 1.807) is 6.20 Å². The van der Waals surface area contributed by atoms with Crippen LogP contribution in [0.3, 0.4) is 0 Å². The topological polar surface area (TPSA) is 51.2 Å². The van der Waals surface area contributed by atoms with Gasteiger partial charge in [0.1, 0.15) is 5.75 Å². The summed E-state index contributed by atoms with van der Waals surface area (Å²) >= 11 is 3.36. The lowest BCUT2D eigenvalue weighted by atomic mass is 10.2. The summed E-state index contributed by atoms with van der Waals surface area (Å²) in [6, 6.07) is 16.8. The second-order valence-electron chi connectivity index (χ2n) is 4.71. The van der Waals surface area contributed by atoms with E-state index in [0.717, 1.165) is 21.1 Å². The molecule has 2 aromatic carbocycles. The first-order valence-electron chi connectivity index (χ1n) is 6.74. The van der Waals surface area contributed by atoms with Crippen molar-refractivity contribution in [2.24, 2.45) is 0 Å². The molecule has 0 bridgehead atoms. The smallest absolute Gasteiger partial charge is 0.262 e. The number of aromatic nitrogens is 1. The van der Waals surface area contributed by atoms with Gasteiger partial charge in [0.15, 0.2) is 6.61 Å². The molecular weight excluding hydrogens is 344 g/mol. The van der Waals surface area contributed by atoms with Crippen LogP contribution >= 0.6 is 15.9 Å². The molecule has 0 spiro atoms. The molecule has 0 unspecified atom stereocenters. The van der Waals surface area contributed by atoms with Gasteiger partial charge in [0, 0.05) is 21.7 Å². The molecule has 0 aliphatic carbocycles. The molecular formula is C17H13BrN2O2. The van der Waals surface area contributed by atoms with E-state index >= 15 is 0 Å². The van der Waals surface area contributed by atoms with Gasteiger partial charge < -0.3 is 10.1 Å². The number of nitrogens with one attached hydrogen (secondary N) is 1. The lowest BCUT2D eigenvalue weighted by molar-refractivity contribution is -0.118. The molecule has 1 amide bonds. The van der Waals surface area contributed by atoms with Gasteiger partial charge in [0.2, 0.25) is 0 Å². The summed E-state index contributed by atoms with van der Waals surface area (Å²) in [5.41, 5.74) is 1.62. The predicted molar refractivity (Wildman–Crippen MR) is 90.0 cm³/mol. The van der Waals surface area contributed by atoms with Crippen LogP contribution in [0, 0.1) is 0 Å². The Bertz CT molecular complexity index is 820. The zero-order chi connectivity index (χ0) is 15.4. The average molecular weight is 357 g/mol. The van der Waals surface area contributed by atoms with Gasteiger partial charge in [0.05, 0.1) is 5.52 Å². The van der Waals surface area contributed by atoms with E-state index in [0.29, 0.717) is 5.75 Å². The van der Waals surface area contributed by atoms with E-state index in [9.17, 15) is 4.79 Å². The van der Waals surface area contributed by atoms with E-state index in [2.05, 4.69) is 26.2 Å². The van der Waals surface area contributed by atoms with Crippen LogP contribution in [0.1, 0.15) is 0 Å². The summed E-state index contributed by atoms with van der Waals surface area (Å²) in [5, 5.41) is 3.76. The summed E-state index contributed by atoms with van der Waals surface area (Å²) in [6.07, 6.45) is 1.74. The Balaban J connectivity index is 1.62. The number of halogens is 1. The molecule has 3 aromatic rings. The minimum atomic E-state index is -0.204. The van der Waals surface area contributed by atoms with Crippen molar-refractivity contribution in [2.75, 3.05) is 11.9 Å². The molecule has 1 N–H and O–H groups in total. The second-order valence-corrected chi connectivity index (χ2v) is 5.62. The number of amides is 1. The SMILES string of the molecule is O=C(COc1ccc2ncccc2c1)Nc1cccc(Br)c1. The van der Waals surface area contributed by atoms with Crippen molar-refractivity contribution in [1.82, 2.24) is 4.98 Å². The standard InChI is InChI=1S/C17H13BrN2O2/c18-13-4-1-5-14(10-13)20-17(21)11-22-15-6-7-16-12(9-15)3-2-8-19-16/h1-10H,11H2,(H,20,21). The van der Waals surface area contributed by atoms with Crippen LogP contribution in [0.2, 0.25) is 0 Å². The largest absolute Gasteiger partial charge is 0.484 e. The number of carbonyl (C=O) groups excluding carboxylic acids is 1. The minimum Gasteiger partial charge on any atom is -0.484 e. The van der Waals surface area contributed by atoms with E-state index in [-0.39, 0.29) is 12.5 Å². The molecule has 0 aliphatic heterocycles. The van der Waals surface area contributed by atoms with Crippen LogP contribution < -0.4 is 10.1 Å². The fraction of sp³-hybridized carbons (Fsp3) is 0.0588. The molecule has 0 atom stereocenters. The number of anilines is 1. The Labute approximate surface area is 136 Å². The molecule has 22 heavy (non-hydrogen) atoms. The van der Waals surface area contributed by atoms with Crippen LogP contribution in [0.15, 0.2) is 65.3 Å². The van der Waals surface area contributed by atoms with Gasteiger partial charge in [-0.25, -0.2) is 0 Å². The molecule has 1 aromatic heterocycles. The van der Waals surface area contributed by atoms with Crippen LogP contribution in [0.25, 0.3) is 10.9 Å². The number of nitrogens with zero attached hydrogens (tertiary/aromatic N) is 1. The Morgan fingerprint density at radius 3 is 2.91 bits per heavy atom. The molecule has 5 heteroatoms. The second kappa shape index (κ2) is 6.58. The van der Waals surface area contributed by atoms with Gasteiger partial charge in [0.25, 0.3) is 5.91 Å². The van der Waals surface area contributed by atoms with Crippen LogP contribution in [-0.2, 0) is 4.79 Å². The predicted octanol–water partition coefficient (Wildman–Crippen LogP) is 4.01. The molecule has 0 saturated heterocycles. The summed E-state index contributed by atoms with van der Waals surface area (Å²) in [5.74, 6) is 0.439. The van der Waals surface area contributed by atoms with Gasteiger partial charge in [-0.3, -0.25) is 9.78 Å². The van der Waals surface area contributed by atoms with Crippen LogP contribution in [-0.4, -0.2) is 17.5 Å². The van der Waals surface area contributed by atoms with Gasteiger partial charge in [-0.2, -0.15) is 0 Å². The first-order chi connectivity index (χ1) is 10.7. The maximum Gasteiger partial charge on any atom is 0.262 e. The van der Waals surface area contributed by atoms with Crippen molar-refractivity contribution >= 4 is 38.4 Å². The van der Waals surface area contributed by atoms with Crippen molar-refractivity contribution in [3.05, 3.63) is 65.3 Å². The maximum absolute atomic E-state index is 11.9. The van der Waals surface area contributed by atoms with Crippen LogP contribution in [0.4, 0.5) is 5.69 Å². The lowest BCUT2D eigenvalue weighted by Crippen LogP contribution is -2.20. The molecule has 4 nitrogen and oxygen atoms in total. The number of hydrogen-bond donors (Lipinski definition) is 1. The minimum absolute atomic E-state index is 0.0434. The van der Waals surface area contributed by atoms with Crippen molar-refractivity contribution < 1.29 is 9.53 Å². The Kier molecular flexibility index (Phi) is 4.34. The monoisotopic (exact) mass is 356 g/mol. The Morgan fingerprint density at radius 1 is 1.14 bits per heavy atom.